The maximum absolute atomic E-state index is 13.8. The summed E-state index contributed by atoms with van der Waals surface area (Å²) in [6, 6.07) is 6.18. The third-order valence-electron chi connectivity index (χ3n) is 4.54. The lowest BCUT2D eigenvalue weighted by Crippen LogP contribution is -2.21. The van der Waals surface area contributed by atoms with Crippen LogP contribution < -0.4 is 5.32 Å². The summed E-state index contributed by atoms with van der Waals surface area (Å²) in [5.74, 6) is 0.495. The smallest absolute Gasteiger partial charge is 0.230 e. The molecule has 1 fully saturated rings. The molecular weight excluding hydrogens is 329 g/mol. The highest BCUT2D eigenvalue weighted by molar-refractivity contribution is 6.31. The van der Waals surface area contributed by atoms with E-state index in [1.54, 1.807) is 18.3 Å². The number of benzene rings is 1. The van der Waals surface area contributed by atoms with E-state index < -0.39 is 5.82 Å². The van der Waals surface area contributed by atoms with Gasteiger partial charge >= 0.3 is 0 Å². The van der Waals surface area contributed by atoms with Gasteiger partial charge in [-0.1, -0.05) is 36.9 Å². The second kappa shape index (κ2) is 7.79. The number of amides is 1. The number of anilines is 1. The van der Waals surface area contributed by atoms with Gasteiger partial charge in [0.1, 0.15) is 11.6 Å². The zero-order valence-electron chi connectivity index (χ0n) is 13.5. The fraction of sp³-hybridized carbons (Fsp3) is 0.444. The van der Waals surface area contributed by atoms with E-state index >= 15 is 0 Å². The van der Waals surface area contributed by atoms with Crippen LogP contribution in [0.15, 0.2) is 30.5 Å². The Morgan fingerprint density at radius 1 is 1.29 bits per heavy atom. The number of nitrogens with zero attached hydrogens (tertiary/aromatic N) is 2. The lowest BCUT2D eigenvalue weighted by Gasteiger charge is -2.22. The molecule has 0 unspecified atom stereocenters. The number of hydrogen-bond donors (Lipinski definition) is 1. The first kappa shape index (κ1) is 17.0. The number of halogens is 2. The van der Waals surface area contributed by atoms with Crippen molar-refractivity contribution in [3.63, 3.8) is 0 Å². The van der Waals surface area contributed by atoms with Gasteiger partial charge in [-0.3, -0.25) is 4.79 Å². The standard InChI is InChI=1S/C18H21ClFN3O/c19-15-7-4-8-16(20)14(15)11-18(24)22-17-9-10-21-23(17)12-13-5-2-1-3-6-13/h4,7-10,13H,1-3,5-6,11-12H2,(H,22,24). The van der Waals surface area contributed by atoms with Crippen molar-refractivity contribution in [1.29, 1.82) is 0 Å². The first-order valence-corrected chi connectivity index (χ1v) is 8.76. The first-order valence-electron chi connectivity index (χ1n) is 8.38. The largest absolute Gasteiger partial charge is 0.311 e. The highest BCUT2D eigenvalue weighted by atomic mass is 35.5. The number of carbonyl (C=O) groups excluding carboxylic acids is 1. The molecule has 0 radical (unpaired) electrons. The summed E-state index contributed by atoms with van der Waals surface area (Å²) in [6.07, 6.45) is 7.83. The summed E-state index contributed by atoms with van der Waals surface area (Å²) in [7, 11) is 0. The van der Waals surface area contributed by atoms with Gasteiger partial charge in [0.2, 0.25) is 5.91 Å². The van der Waals surface area contributed by atoms with Crippen molar-refractivity contribution >= 4 is 23.3 Å². The Labute approximate surface area is 146 Å². The molecule has 0 spiro atoms. The summed E-state index contributed by atoms with van der Waals surface area (Å²) in [5, 5.41) is 7.39. The summed E-state index contributed by atoms with van der Waals surface area (Å²) in [5.41, 5.74) is 0.218. The number of carbonyl (C=O) groups is 1. The van der Waals surface area contributed by atoms with Crippen LogP contribution in [0.4, 0.5) is 10.2 Å². The van der Waals surface area contributed by atoms with Gasteiger partial charge in [-0.2, -0.15) is 5.10 Å². The van der Waals surface area contributed by atoms with Crippen LogP contribution in [0, 0.1) is 11.7 Å². The van der Waals surface area contributed by atoms with Gasteiger partial charge in [-0.05, 0) is 30.9 Å². The van der Waals surface area contributed by atoms with E-state index in [4.69, 9.17) is 11.6 Å². The average molecular weight is 350 g/mol. The first-order chi connectivity index (χ1) is 11.6. The molecule has 2 aromatic rings. The van der Waals surface area contributed by atoms with E-state index in [2.05, 4.69) is 10.4 Å². The van der Waals surface area contributed by atoms with Crippen LogP contribution in [0.5, 0.6) is 0 Å². The fourth-order valence-corrected chi connectivity index (χ4v) is 3.48. The van der Waals surface area contributed by atoms with Crippen LogP contribution in [-0.2, 0) is 17.8 Å². The Morgan fingerprint density at radius 2 is 2.08 bits per heavy atom. The van der Waals surface area contributed by atoms with Crippen LogP contribution in [0.1, 0.15) is 37.7 Å². The Morgan fingerprint density at radius 3 is 2.83 bits per heavy atom. The topological polar surface area (TPSA) is 46.9 Å². The van der Waals surface area contributed by atoms with Crippen LogP contribution in [-0.4, -0.2) is 15.7 Å². The molecule has 0 atom stereocenters. The number of hydrogen-bond acceptors (Lipinski definition) is 2. The van der Waals surface area contributed by atoms with E-state index in [0.29, 0.717) is 11.7 Å². The minimum atomic E-state index is -0.464. The van der Waals surface area contributed by atoms with E-state index in [0.717, 1.165) is 6.54 Å². The van der Waals surface area contributed by atoms with Crippen molar-refractivity contribution < 1.29 is 9.18 Å². The van der Waals surface area contributed by atoms with Gasteiger partial charge in [-0.25, -0.2) is 9.07 Å². The van der Waals surface area contributed by atoms with Gasteiger partial charge in [0, 0.05) is 23.2 Å². The molecule has 128 valence electrons. The molecule has 3 rings (SSSR count). The van der Waals surface area contributed by atoms with Crippen molar-refractivity contribution in [2.45, 2.75) is 45.1 Å². The highest BCUT2D eigenvalue weighted by Gasteiger charge is 2.17. The Bertz CT molecular complexity index is 690. The number of aromatic nitrogens is 2. The molecule has 1 heterocycles. The lowest BCUT2D eigenvalue weighted by molar-refractivity contribution is -0.115. The van der Waals surface area contributed by atoms with Gasteiger partial charge in [-0.15, -0.1) is 0 Å². The van der Waals surface area contributed by atoms with Crippen molar-refractivity contribution in [3.8, 4) is 0 Å². The molecule has 1 aromatic carbocycles. The van der Waals surface area contributed by atoms with Gasteiger partial charge in [0.15, 0.2) is 0 Å². The zero-order valence-corrected chi connectivity index (χ0v) is 14.2. The molecule has 1 amide bonds. The minimum absolute atomic E-state index is 0.0971. The molecule has 1 saturated carbocycles. The molecule has 24 heavy (non-hydrogen) atoms. The average Bonchev–Trinajstić information content (AvgIpc) is 2.99. The molecular formula is C18H21ClFN3O. The molecule has 1 aliphatic carbocycles. The van der Waals surface area contributed by atoms with Crippen molar-refractivity contribution in [1.82, 2.24) is 9.78 Å². The van der Waals surface area contributed by atoms with Crippen molar-refractivity contribution in [2.75, 3.05) is 5.32 Å². The van der Waals surface area contributed by atoms with Gasteiger partial charge < -0.3 is 5.32 Å². The fourth-order valence-electron chi connectivity index (χ4n) is 3.25. The van der Waals surface area contributed by atoms with E-state index in [9.17, 15) is 9.18 Å². The molecule has 1 aromatic heterocycles. The highest BCUT2D eigenvalue weighted by Crippen LogP contribution is 2.26. The minimum Gasteiger partial charge on any atom is -0.311 e. The number of nitrogens with one attached hydrogen (secondary N) is 1. The Hall–Kier alpha value is -1.88. The van der Waals surface area contributed by atoms with Gasteiger partial charge in [0.25, 0.3) is 0 Å². The van der Waals surface area contributed by atoms with Crippen molar-refractivity contribution in [3.05, 3.63) is 46.9 Å². The quantitative estimate of drug-likeness (QED) is 0.867. The lowest BCUT2D eigenvalue weighted by atomic mass is 9.89. The Kier molecular flexibility index (Phi) is 5.51. The summed E-state index contributed by atoms with van der Waals surface area (Å²) in [4.78, 5) is 12.3. The normalized spacial score (nSPS) is 15.4. The van der Waals surface area contributed by atoms with Crippen LogP contribution in [0.2, 0.25) is 5.02 Å². The van der Waals surface area contributed by atoms with Crippen molar-refractivity contribution in [2.24, 2.45) is 5.92 Å². The van der Waals surface area contributed by atoms with E-state index in [1.807, 2.05) is 4.68 Å². The molecule has 1 N–H and O–H groups in total. The molecule has 6 heteroatoms. The number of rotatable bonds is 5. The third kappa shape index (κ3) is 4.15. The van der Waals surface area contributed by atoms with E-state index in [-0.39, 0.29) is 22.9 Å². The summed E-state index contributed by atoms with van der Waals surface area (Å²) >= 11 is 5.98. The summed E-state index contributed by atoms with van der Waals surface area (Å²) < 4.78 is 15.6. The Balaban J connectivity index is 1.63. The summed E-state index contributed by atoms with van der Waals surface area (Å²) in [6.45, 7) is 0.809. The second-order valence-electron chi connectivity index (χ2n) is 6.33. The predicted octanol–water partition coefficient (Wildman–Crippen LogP) is 4.44. The maximum Gasteiger partial charge on any atom is 0.230 e. The molecule has 0 saturated heterocycles. The zero-order chi connectivity index (χ0) is 16.9. The van der Waals surface area contributed by atoms with Crippen LogP contribution >= 0.6 is 11.6 Å². The van der Waals surface area contributed by atoms with Crippen LogP contribution in [0.3, 0.4) is 0 Å². The SMILES string of the molecule is O=C(Cc1c(F)cccc1Cl)Nc1ccnn1CC1CCCCC1. The van der Waals surface area contributed by atoms with Crippen LogP contribution in [0.25, 0.3) is 0 Å². The molecule has 0 aliphatic heterocycles. The second-order valence-corrected chi connectivity index (χ2v) is 6.73. The predicted molar refractivity (Wildman–Crippen MR) is 92.5 cm³/mol. The molecule has 1 aliphatic rings. The monoisotopic (exact) mass is 349 g/mol. The molecule has 4 nitrogen and oxygen atoms in total. The third-order valence-corrected chi connectivity index (χ3v) is 4.89. The maximum atomic E-state index is 13.8. The van der Waals surface area contributed by atoms with Gasteiger partial charge in [0.05, 0.1) is 12.6 Å². The van der Waals surface area contributed by atoms with E-state index in [1.165, 1.54) is 44.2 Å². The molecule has 0 bridgehead atoms.